The summed E-state index contributed by atoms with van der Waals surface area (Å²) in [4.78, 5) is 2.51. The molecule has 0 aromatic heterocycles. The lowest BCUT2D eigenvalue weighted by molar-refractivity contribution is 0.183. The molecule has 94 valence electrons. The largest absolute Gasteiger partial charge is 0.327 e. The van der Waals surface area contributed by atoms with Crippen molar-refractivity contribution in [1.29, 1.82) is 0 Å². The van der Waals surface area contributed by atoms with E-state index in [2.05, 4.69) is 25.8 Å². The van der Waals surface area contributed by atoms with Gasteiger partial charge in [-0.05, 0) is 50.0 Å². The lowest BCUT2D eigenvalue weighted by Gasteiger charge is -2.32. The summed E-state index contributed by atoms with van der Waals surface area (Å²) in [5, 5.41) is 0. The SMILES string of the molecule is CCC(C)CN(C)CC1C2CCC(C2)C1N. The summed E-state index contributed by atoms with van der Waals surface area (Å²) >= 11 is 0. The van der Waals surface area contributed by atoms with Crippen molar-refractivity contribution in [3.8, 4) is 0 Å². The molecule has 2 nitrogen and oxygen atoms in total. The molecule has 2 aliphatic carbocycles. The smallest absolute Gasteiger partial charge is 0.0111 e. The molecule has 2 bridgehead atoms. The maximum Gasteiger partial charge on any atom is 0.0111 e. The first kappa shape index (κ1) is 12.4. The fraction of sp³-hybridized carbons (Fsp3) is 1.00. The Labute approximate surface area is 101 Å². The molecule has 0 aliphatic heterocycles. The van der Waals surface area contributed by atoms with E-state index < -0.39 is 0 Å². The molecule has 16 heavy (non-hydrogen) atoms. The molecular weight excluding hydrogens is 196 g/mol. The van der Waals surface area contributed by atoms with Gasteiger partial charge in [0.25, 0.3) is 0 Å². The zero-order valence-corrected chi connectivity index (χ0v) is 11.2. The Bertz CT molecular complexity index is 227. The van der Waals surface area contributed by atoms with Crippen LogP contribution in [0, 0.1) is 23.7 Å². The first-order chi connectivity index (χ1) is 7.61. The number of hydrogen-bond acceptors (Lipinski definition) is 2. The van der Waals surface area contributed by atoms with Crippen LogP contribution in [0.4, 0.5) is 0 Å². The van der Waals surface area contributed by atoms with E-state index >= 15 is 0 Å². The molecule has 0 heterocycles. The highest BCUT2D eigenvalue weighted by atomic mass is 15.1. The standard InChI is InChI=1S/C14H28N2/c1-4-10(2)8-16(3)9-13-11-5-6-12(7-11)14(13)15/h10-14H,4-9,15H2,1-3H3. The van der Waals surface area contributed by atoms with E-state index in [0.717, 1.165) is 23.7 Å². The van der Waals surface area contributed by atoms with Gasteiger partial charge < -0.3 is 10.6 Å². The van der Waals surface area contributed by atoms with Crippen molar-refractivity contribution in [3.05, 3.63) is 0 Å². The third-order valence-electron chi connectivity index (χ3n) is 5.00. The van der Waals surface area contributed by atoms with Crippen molar-refractivity contribution in [2.24, 2.45) is 29.4 Å². The fourth-order valence-electron chi connectivity index (χ4n) is 3.82. The van der Waals surface area contributed by atoms with Crippen LogP contribution in [0.15, 0.2) is 0 Å². The van der Waals surface area contributed by atoms with Crippen molar-refractivity contribution < 1.29 is 0 Å². The molecule has 0 saturated heterocycles. The first-order valence-electron chi connectivity index (χ1n) is 7.06. The zero-order valence-electron chi connectivity index (χ0n) is 11.2. The van der Waals surface area contributed by atoms with E-state index in [0.29, 0.717) is 6.04 Å². The molecule has 0 amide bonds. The normalized spacial score (nSPS) is 39.6. The summed E-state index contributed by atoms with van der Waals surface area (Å²) in [5.74, 6) is 3.40. The van der Waals surface area contributed by atoms with Crippen LogP contribution in [-0.2, 0) is 0 Å². The van der Waals surface area contributed by atoms with E-state index in [9.17, 15) is 0 Å². The van der Waals surface area contributed by atoms with Crippen molar-refractivity contribution >= 4 is 0 Å². The van der Waals surface area contributed by atoms with Crippen LogP contribution in [0.5, 0.6) is 0 Å². The van der Waals surface area contributed by atoms with Crippen LogP contribution in [-0.4, -0.2) is 31.1 Å². The summed E-state index contributed by atoms with van der Waals surface area (Å²) < 4.78 is 0. The Kier molecular flexibility index (Phi) is 3.91. The second-order valence-electron chi connectivity index (χ2n) is 6.31. The molecule has 2 aliphatic rings. The van der Waals surface area contributed by atoms with Crippen LogP contribution in [0.1, 0.15) is 39.5 Å². The predicted octanol–water partition coefficient (Wildman–Crippen LogP) is 2.34. The average Bonchev–Trinajstić information content (AvgIpc) is 2.82. The second kappa shape index (κ2) is 5.05. The summed E-state index contributed by atoms with van der Waals surface area (Å²) in [7, 11) is 2.27. The summed E-state index contributed by atoms with van der Waals surface area (Å²) in [6.45, 7) is 7.09. The van der Waals surface area contributed by atoms with Gasteiger partial charge >= 0.3 is 0 Å². The number of nitrogens with zero attached hydrogens (tertiary/aromatic N) is 1. The minimum atomic E-state index is 0.498. The number of fused-ring (bicyclic) bond motifs is 2. The van der Waals surface area contributed by atoms with E-state index in [1.165, 1.54) is 38.8 Å². The number of rotatable bonds is 5. The molecule has 0 aromatic carbocycles. The Balaban J connectivity index is 1.81. The van der Waals surface area contributed by atoms with Crippen molar-refractivity contribution in [2.45, 2.75) is 45.6 Å². The van der Waals surface area contributed by atoms with Crippen LogP contribution in [0.2, 0.25) is 0 Å². The van der Waals surface area contributed by atoms with E-state index in [-0.39, 0.29) is 0 Å². The van der Waals surface area contributed by atoms with Gasteiger partial charge in [0.15, 0.2) is 0 Å². The predicted molar refractivity (Wildman–Crippen MR) is 69.2 cm³/mol. The highest BCUT2D eigenvalue weighted by Crippen LogP contribution is 2.47. The highest BCUT2D eigenvalue weighted by molar-refractivity contribution is 4.99. The maximum atomic E-state index is 6.35. The monoisotopic (exact) mass is 224 g/mol. The molecule has 2 heteroatoms. The Hall–Kier alpha value is -0.0800. The molecule has 2 rings (SSSR count). The van der Waals surface area contributed by atoms with E-state index in [1.54, 1.807) is 0 Å². The average molecular weight is 224 g/mol. The van der Waals surface area contributed by atoms with E-state index in [1.807, 2.05) is 0 Å². The van der Waals surface area contributed by atoms with Gasteiger partial charge in [-0.15, -0.1) is 0 Å². The van der Waals surface area contributed by atoms with Gasteiger partial charge in [0, 0.05) is 19.1 Å². The minimum absolute atomic E-state index is 0.498. The maximum absolute atomic E-state index is 6.35. The highest BCUT2D eigenvalue weighted by Gasteiger charge is 2.45. The quantitative estimate of drug-likeness (QED) is 0.776. The molecule has 5 atom stereocenters. The van der Waals surface area contributed by atoms with Crippen molar-refractivity contribution in [1.82, 2.24) is 4.90 Å². The molecule has 2 fully saturated rings. The zero-order chi connectivity index (χ0) is 11.7. The molecular formula is C14H28N2. The van der Waals surface area contributed by atoms with Gasteiger partial charge in [-0.3, -0.25) is 0 Å². The van der Waals surface area contributed by atoms with Gasteiger partial charge in [0.1, 0.15) is 0 Å². The molecule has 0 aromatic rings. The fourth-order valence-corrected chi connectivity index (χ4v) is 3.82. The lowest BCUT2D eigenvalue weighted by Crippen LogP contribution is -2.42. The van der Waals surface area contributed by atoms with Gasteiger partial charge in [0.05, 0.1) is 0 Å². The van der Waals surface area contributed by atoms with Crippen molar-refractivity contribution in [2.75, 3.05) is 20.1 Å². The number of nitrogens with two attached hydrogens (primary N) is 1. The van der Waals surface area contributed by atoms with Gasteiger partial charge in [-0.25, -0.2) is 0 Å². The summed E-state index contributed by atoms with van der Waals surface area (Å²) in [5.41, 5.74) is 6.35. The van der Waals surface area contributed by atoms with Crippen LogP contribution in [0.3, 0.4) is 0 Å². The van der Waals surface area contributed by atoms with Gasteiger partial charge in [-0.2, -0.15) is 0 Å². The molecule has 2 saturated carbocycles. The lowest BCUT2D eigenvalue weighted by atomic mass is 9.84. The van der Waals surface area contributed by atoms with Gasteiger partial charge in [0.2, 0.25) is 0 Å². The first-order valence-corrected chi connectivity index (χ1v) is 7.06. The summed E-state index contributed by atoms with van der Waals surface area (Å²) in [6.07, 6.45) is 5.55. The van der Waals surface area contributed by atoms with Gasteiger partial charge in [-0.1, -0.05) is 20.3 Å². The Morgan fingerprint density at radius 2 is 2.00 bits per heavy atom. The molecule has 5 unspecified atom stereocenters. The van der Waals surface area contributed by atoms with Crippen molar-refractivity contribution in [3.63, 3.8) is 0 Å². The third-order valence-corrected chi connectivity index (χ3v) is 5.00. The Morgan fingerprint density at radius 3 is 2.56 bits per heavy atom. The minimum Gasteiger partial charge on any atom is -0.327 e. The second-order valence-corrected chi connectivity index (χ2v) is 6.31. The molecule has 2 N–H and O–H groups in total. The Morgan fingerprint density at radius 1 is 1.31 bits per heavy atom. The molecule has 0 radical (unpaired) electrons. The van der Waals surface area contributed by atoms with Crippen LogP contribution < -0.4 is 5.73 Å². The van der Waals surface area contributed by atoms with E-state index in [4.69, 9.17) is 5.73 Å². The topological polar surface area (TPSA) is 29.3 Å². The number of hydrogen-bond donors (Lipinski definition) is 1. The summed E-state index contributed by atoms with van der Waals surface area (Å²) in [6, 6.07) is 0.498. The van der Waals surface area contributed by atoms with Crippen LogP contribution >= 0.6 is 0 Å². The third kappa shape index (κ3) is 2.43. The van der Waals surface area contributed by atoms with Crippen LogP contribution in [0.25, 0.3) is 0 Å². The molecule has 0 spiro atoms.